The molecule has 2 aromatic carbocycles. The van der Waals surface area contributed by atoms with Gasteiger partial charge < -0.3 is 14.6 Å². The van der Waals surface area contributed by atoms with Gasteiger partial charge in [-0.15, -0.1) is 0 Å². The summed E-state index contributed by atoms with van der Waals surface area (Å²) in [6.07, 6.45) is 0. The van der Waals surface area contributed by atoms with Crippen molar-refractivity contribution in [1.29, 1.82) is 0 Å². The minimum Gasteiger partial charge on any atom is -0.490 e. The molecule has 0 aliphatic carbocycles. The molecule has 0 aliphatic rings. The van der Waals surface area contributed by atoms with Gasteiger partial charge >= 0.3 is 0 Å². The zero-order valence-electron chi connectivity index (χ0n) is 11.6. The molecule has 0 atom stereocenters. The van der Waals surface area contributed by atoms with Crippen LogP contribution in [0.5, 0.6) is 11.5 Å². The van der Waals surface area contributed by atoms with Gasteiger partial charge in [0.25, 0.3) is 0 Å². The van der Waals surface area contributed by atoms with E-state index in [2.05, 4.69) is 31.9 Å². The average Bonchev–Trinajstić information content (AvgIpc) is 2.44. The zero-order chi connectivity index (χ0) is 15.2. The van der Waals surface area contributed by atoms with E-state index in [9.17, 15) is 5.11 Å². The number of aliphatic hydroxyl groups is 1. The monoisotopic (exact) mass is 414 g/mol. The van der Waals surface area contributed by atoms with E-state index in [0.29, 0.717) is 13.2 Å². The van der Waals surface area contributed by atoms with Gasteiger partial charge in [0.1, 0.15) is 24.7 Å². The Morgan fingerprint density at radius 1 is 1.00 bits per heavy atom. The van der Waals surface area contributed by atoms with Crippen LogP contribution in [0.25, 0.3) is 0 Å². The number of halogens is 2. The van der Waals surface area contributed by atoms with Crippen LogP contribution in [0, 0.1) is 6.92 Å². The minimum absolute atomic E-state index is 0.0535. The van der Waals surface area contributed by atoms with E-state index < -0.39 is 0 Å². The molecular weight excluding hydrogens is 400 g/mol. The first kappa shape index (κ1) is 16.3. The molecule has 2 aromatic rings. The Labute approximate surface area is 141 Å². The maximum absolute atomic E-state index is 9.40. The summed E-state index contributed by atoms with van der Waals surface area (Å²) < 4.78 is 13.3. The maximum Gasteiger partial charge on any atom is 0.127 e. The second-order valence-electron chi connectivity index (χ2n) is 4.52. The van der Waals surface area contributed by atoms with Crippen molar-refractivity contribution >= 4 is 31.9 Å². The topological polar surface area (TPSA) is 38.7 Å². The van der Waals surface area contributed by atoms with Crippen LogP contribution < -0.4 is 9.47 Å². The van der Waals surface area contributed by atoms with Crippen LogP contribution in [-0.4, -0.2) is 18.3 Å². The number of aryl methyl sites for hydroxylation is 1. The van der Waals surface area contributed by atoms with E-state index >= 15 is 0 Å². The van der Waals surface area contributed by atoms with Crippen molar-refractivity contribution in [3.63, 3.8) is 0 Å². The Bertz CT molecular complexity index is 614. The number of benzene rings is 2. The summed E-state index contributed by atoms with van der Waals surface area (Å²) in [7, 11) is 0. The molecule has 0 fully saturated rings. The molecule has 0 unspecified atom stereocenters. The van der Waals surface area contributed by atoms with Crippen molar-refractivity contribution in [2.45, 2.75) is 13.5 Å². The first-order valence-electron chi connectivity index (χ1n) is 6.51. The summed E-state index contributed by atoms with van der Waals surface area (Å²) in [5.74, 6) is 1.52. The molecular formula is C16H16Br2O3. The van der Waals surface area contributed by atoms with Crippen LogP contribution in [-0.2, 0) is 6.61 Å². The summed E-state index contributed by atoms with van der Waals surface area (Å²) in [6, 6.07) is 11.5. The first-order chi connectivity index (χ1) is 10.1. The number of rotatable bonds is 6. The molecule has 0 amide bonds. The summed E-state index contributed by atoms with van der Waals surface area (Å²) in [5.41, 5.74) is 1.75. The van der Waals surface area contributed by atoms with Crippen LogP contribution in [0.2, 0.25) is 0 Å². The highest BCUT2D eigenvalue weighted by Crippen LogP contribution is 2.28. The van der Waals surface area contributed by atoms with Crippen molar-refractivity contribution in [2.75, 3.05) is 13.2 Å². The fourth-order valence-corrected chi connectivity index (χ4v) is 2.98. The smallest absolute Gasteiger partial charge is 0.127 e. The number of aliphatic hydroxyl groups excluding tert-OH is 1. The Hall–Kier alpha value is -1.04. The Morgan fingerprint density at radius 3 is 2.48 bits per heavy atom. The van der Waals surface area contributed by atoms with E-state index in [1.54, 1.807) is 0 Å². The molecule has 0 saturated heterocycles. The molecule has 2 rings (SSSR count). The van der Waals surface area contributed by atoms with Gasteiger partial charge in [0.2, 0.25) is 0 Å². The Balaban J connectivity index is 1.92. The fraction of sp³-hybridized carbons (Fsp3) is 0.250. The lowest BCUT2D eigenvalue weighted by atomic mass is 10.1. The molecule has 3 nitrogen and oxygen atoms in total. The quantitative estimate of drug-likeness (QED) is 0.707. The number of hydrogen-bond acceptors (Lipinski definition) is 3. The highest BCUT2D eigenvalue weighted by atomic mass is 79.9. The predicted molar refractivity (Wildman–Crippen MR) is 89.9 cm³/mol. The Morgan fingerprint density at radius 2 is 1.76 bits per heavy atom. The van der Waals surface area contributed by atoms with Gasteiger partial charge in [0, 0.05) is 14.5 Å². The van der Waals surface area contributed by atoms with Gasteiger partial charge in [0.05, 0.1) is 6.61 Å². The lowest BCUT2D eigenvalue weighted by Gasteiger charge is -2.14. The number of ether oxygens (including phenoxy) is 2. The molecule has 1 N–H and O–H groups in total. The standard InChI is InChI=1S/C16H16Br2O3/c1-11-7-14(18)8-12(10-19)16(11)21-6-5-20-15-4-2-3-13(17)9-15/h2-4,7-9,19H,5-6,10H2,1H3. The molecule has 0 heterocycles. The van der Waals surface area contributed by atoms with E-state index in [1.807, 2.05) is 43.3 Å². The fourth-order valence-electron chi connectivity index (χ4n) is 1.98. The van der Waals surface area contributed by atoms with Crippen LogP contribution >= 0.6 is 31.9 Å². The lowest BCUT2D eigenvalue weighted by Crippen LogP contribution is -2.11. The van der Waals surface area contributed by atoms with Crippen LogP contribution in [0.15, 0.2) is 45.3 Å². The number of hydrogen-bond donors (Lipinski definition) is 1. The second kappa shape index (κ2) is 7.82. The highest BCUT2D eigenvalue weighted by Gasteiger charge is 2.08. The molecule has 0 bridgehead atoms. The van der Waals surface area contributed by atoms with E-state index in [1.165, 1.54) is 0 Å². The second-order valence-corrected chi connectivity index (χ2v) is 6.35. The van der Waals surface area contributed by atoms with Crippen molar-refractivity contribution < 1.29 is 14.6 Å². The molecule has 112 valence electrons. The largest absolute Gasteiger partial charge is 0.490 e. The van der Waals surface area contributed by atoms with Gasteiger partial charge in [-0.05, 0) is 42.8 Å². The van der Waals surface area contributed by atoms with Crippen LogP contribution in [0.3, 0.4) is 0 Å². The molecule has 5 heteroatoms. The molecule has 0 saturated carbocycles. The van der Waals surface area contributed by atoms with Crippen molar-refractivity contribution in [1.82, 2.24) is 0 Å². The summed E-state index contributed by atoms with van der Waals surface area (Å²) >= 11 is 6.81. The van der Waals surface area contributed by atoms with E-state index in [4.69, 9.17) is 9.47 Å². The van der Waals surface area contributed by atoms with Crippen LogP contribution in [0.4, 0.5) is 0 Å². The third-order valence-electron chi connectivity index (χ3n) is 2.88. The molecule has 0 spiro atoms. The Kier molecular flexibility index (Phi) is 6.08. The van der Waals surface area contributed by atoms with Gasteiger partial charge in [-0.3, -0.25) is 0 Å². The summed E-state index contributed by atoms with van der Waals surface area (Å²) in [6.45, 7) is 2.76. The van der Waals surface area contributed by atoms with Crippen LogP contribution in [0.1, 0.15) is 11.1 Å². The predicted octanol–water partition coefficient (Wildman–Crippen LogP) is 4.47. The SMILES string of the molecule is Cc1cc(Br)cc(CO)c1OCCOc1cccc(Br)c1. The molecule has 21 heavy (non-hydrogen) atoms. The minimum atomic E-state index is -0.0535. The van der Waals surface area contributed by atoms with E-state index in [-0.39, 0.29) is 6.61 Å². The first-order valence-corrected chi connectivity index (χ1v) is 8.10. The van der Waals surface area contributed by atoms with E-state index in [0.717, 1.165) is 31.6 Å². The lowest BCUT2D eigenvalue weighted by molar-refractivity contribution is 0.209. The van der Waals surface area contributed by atoms with Gasteiger partial charge in [-0.25, -0.2) is 0 Å². The summed E-state index contributed by atoms with van der Waals surface area (Å²) in [4.78, 5) is 0. The van der Waals surface area contributed by atoms with Gasteiger partial charge in [-0.2, -0.15) is 0 Å². The maximum atomic E-state index is 9.40. The van der Waals surface area contributed by atoms with Gasteiger partial charge in [-0.1, -0.05) is 37.9 Å². The molecule has 0 radical (unpaired) electrons. The highest BCUT2D eigenvalue weighted by molar-refractivity contribution is 9.10. The van der Waals surface area contributed by atoms with Crippen molar-refractivity contribution in [3.05, 3.63) is 56.5 Å². The zero-order valence-corrected chi connectivity index (χ0v) is 14.8. The summed E-state index contributed by atoms with van der Waals surface area (Å²) in [5, 5.41) is 9.40. The average molecular weight is 416 g/mol. The third-order valence-corrected chi connectivity index (χ3v) is 3.83. The third kappa shape index (κ3) is 4.73. The molecule has 0 aromatic heterocycles. The van der Waals surface area contributed by atoms with Crippen molar-refractivity contribution in [3.8, 4) is 11.5 Å². The van der Waals surface area contributed by atoms with Crippen molar-refractivity contribution in [2.24, 2.45) is 0 Å². The van der Waals surface area contributed by atoms with Gasteiger partial charge in [0.15, 0.2) is 0 Å². The normalized spacial score (nSPS) is 10.5. The molecule has 0 aliphatic heterocycles.